The standard InChI is InChI=1S/C14H28N2O2S/c1-19(17,18)14-7-4-6-13(12-14)15-8-5-11-16-9-2-3-10-16/h13-15H,2-12H2,1H3. The molecule has 2 fully saturated rings. The molecule has 0 aromatic carbocycles. The van der Waals surface area contributed by atoms with Crippen LogP contribution in [0, 0.1) is 0 Å². The number of sulfone groups is 1. The molecule has 0 aromatic heterocycles. The number of hydrogen-bond donors (Lipinski definition) is 1. The van der Waals surface area contributed by atoms with Crippen LogP contribution in [0.25, 0.3) is 0 Å². The van der Waals surface area contributed by atoms with E-state index in [2.05, 4.69) is 10.2 Å². The first-order valence-corrected chi connectivity index (χ1v) is 9.66. The molecule has 0 aromatic rings. The number of nitrogens with zero attached hydrogens (tertiary/aromatic N) is 1. The van der Waals surface area contributed by atoms with Crippen LogP contribution in [0.2, 0.25) is 0 Å². The van der Waals surface area contributed by atoms with Crippen LogP contribution in [0.1, 0.15) is 44.9 Å². The van der Waals surface area contributed by atoms with Crippen molar-refractivity contribution in [3.63, 3.8) is 0 Å². The van der Waals surface area contributed by atoms with Crippen molar-refractivity contribution in [2.75, 3.05) is 32.4 Å². The Hall–Kier alpha value is -0.130. The predicted molar refractivity (Wildman–Crippen MR) is 79.2 cm³/mol. The molecule has 1 N–H and O–H groups in total. The van der Waals surface area contributed by atoms with Gasteiger partial charge in [-0.2, -0.15) is 0 Å². The Balaban J connectivity index is 1.62. The van der Waals surface area contributed by atoms with E-state index in [1.165, 1.54) is 45.2 Å². The van der Waals surface area contributed by atoms with E-state index in [0.29, 0.717) is 6.04 Å². The van der Waals surface area contributed by atoms with Crippen LogP contribution in [0.15, 0.2) is 0 Å². The van der Waals surface area contributed by atoms with E-state index < -0.39 is 9.84 Å². The Labute approximate surface area is 117 Å². The summed E-state index contributed by atoms with van der Waals surface area (Å²) in [4.78, 5) is 2.53. The van der Waals surface area contributed by atoms with Gasteiger partial charge < -0.3 is 10.2 Å². The largest absolute Gasteiger partial charge is 0.314 e. The summed E-state index contributed by atoms with van der Waals surface area (Å²) < 4.78 is 23.2. The van der Waals surface area contributed by atoms with Crippen molar-refractivity contribution >= 4 is 9.84 Å². The summed E-state index contributed by atoms with van der Waals surface area (Å²) in [7, 11) is -2.85. The fraction of sp³-hybridized carbons (Fsp3) is 1.00. The fourth-order valence-electron chi connectivity index (χ4n) is 3.33. The Kier molecular flexibility index (Phi) is 5.66. The van der Waals surface area contributed by atoms with E-state index >= 15 is 0 Å². The molecular weight excluding hydrogens is 260 g/mol. The third-order valence-corrected chi connectivity index (χ3v) is 6.15. The van der Waals surface area contributed by atoms with Gasteiger partial charge in [0.15, 0.2) is 0 Å². The van der Waals surface area contributed by atoms with Gasteiger partial charge >= 0.3 is 0 Å². The van der Waals surface area contributed by atoms with Crippen LogP contribution in [0.3, 0.4) is 0 Å². The van der Waals surface area contributed by atoms with Gasteiger partial charge in [-0.25, -0.2) is 8.42 Å². The second kappa shape index (κ2) is 7.04. The molecule has 0 spiro atoms. The summed E-state index contributed by atoms with van der Waals surface area (Å²) in [6.45, 7) is 4.74. The monoisotopic (exact) mass is 288 g/mol. The molecule has 5 heteroatoms. The van der Waals surface area contributed by atoms with Crippen molar-refractivity contribution < 1.29 is 8.42 Å². The topological polar surface area (TPSA) is 49.4 Å². The Morgan fingerprint density at radius 1 is 1.16 bits per heavy atom. The van der Waals surface area contributed by atoms with Crippen LogP contribution >= 0.6 is 0 Å². The van der Waals surface area contributed by atoms with Gasteiger partial charge in [-0.1, -0.05) is 6.42 Å². The highest BCUT2D eigenvalue weighted by Gasteiger charge is 2.28. The van der Waals surface area contributed by atoms with E-state index in [0.717, 1.165) is 32.2 Å². The van der Waals surface area contributed by atoms with Gasteiger partial charge in [0.05, 0.1) is 5.25 Å². The smallest absolute Gasteiger partial charge is 0.150 e. The number of rotatable bonds is 6. The van der Waals surface area contributed by atoms with Gasteiger partial charge in [0.2, 0.25) is 0 Å². The van der Waals surface area contributed by atoms with Crippen LogP contribution in [-0.4, -0.2) is 57.0 Å². The lowest BCUT2D eigenvalue weighted by atomic mass is 9.95. The van der Waals surface area contributed by atoms with Crippen molar-refractivity contribution in [1.82, 2.24) is 10.2 Å². The lowest BCUT2D eigenvalue weighted by Gasteiger charge is -2.29. The maximum absolute atomic E-state index is 11.6. The van der Waals surface area contributed by atoms with Gasteiger partial charge in [0.25, 0.3) is 0 Å². The first-order valence-electron chi connectivity index (χ1n) is 7.70. The van der Waals surface area contributed by atoms with Crippen LogP contribution in [0.5, 0.6) is 0 Å². The van der Waals surface area contributed by atoms with E-state index in [-0.39, 0.29) is 5.25 Å². The molecule has 1 aliphatic heterocycles. The molecule has 0 amide bonds. The third-order valence-electron chi connectivity index (χ3n) is 4.51. The summed E-state index contributed by atoms with van der Waals surface area (Å²) in [5.41, 5.74) is 0. The molecule has 112 valence electrons. The molecule has 0 radical (unpaired) electrons. The molecule has 1 saturated carbocycles. The van der Waals surface area contributed by atoms with Crippen LogP contribution in [0.4, 0.5) is 0 Å². The zero-order chi connectivity index (χ0) is 13.7. The Morgan fingerprint density at radius 3 is 2.58 bits per heavy atom. The van der Waals surface area contributed by atoms with E-state index in [1.807, 2.05) is 0 Å². The molecule has 2 unspecified atom stereocenters. The zero-order valence-electron chi connectivity index (χ0n) is 12.1. The normalized spacial score (nSPS) is 29.7. The second-order valence-corrected chi connectivity index (χ2v) is 8.50. The highest BCUT2D eigenvalue weighted by Crippen LogP contribution is 2.23. The molecule has 0 bridgehead atoms. The zero-order valence-corrected chi connectivity index (χ0v) is 12.9. The van der Waals surface area contributed by atoms with Gasteiger partial charge in [-0.05, 0) is 64.7 Å². The Bertz CT molecular complexity index is 364. The number of nitrogens with one attached hydrogen (secondary N) is 1. The van der Waals surface area contributed by atoms with Crippen molar-refractivity contribution in [3.8, 4) is 0 Å². The average Bonchev–Trinajstić information content (AvgIpc) is 2.87. The SMILES string of the molecule is CS(=O)(=O)C1CCCC(NCCCN2CCCC2)C1. The van der Waals surface area contributed by atoms with Gasteiger partial charge in [0.1, 0.15) is 9.84 Å². The van der Waals surface area contributed by atoms with Crippen LogP contribution < -0.4 is 5.32 Å². The quantitative estimate of drug-likeness (QED) is 0.751. The summed E-state index contributed by atoms with van der Waals surface area (Å²) >= 11 is 0. The molecule has 4 nitrogen and oxygen atoms in total. The lowest BCUT2D eigenvalue weighted by Crippen LogP contribution is -2.39. The van der Waals surface area contributed by atoms with E-state index in [4.69, 9.17) is 0 Å². The maximum atomic E-state index is 11.6. The molecule has 2 aliphatic rings. The summed E-state index contributed by atoms with van der Waals surface area (Å²) in [5.74, 6) is 0. The minimum Gasteiger partial charge on any atom is -0.314 e. The molecule has 1 aliphatic carbocycles. The highest BCUT2D eigenvalue weighted by atomic mass is 32.2. The molecule has 2 atom stereocenters. The van der Waals surface area contributed by atoms with E-state index in [1.54, 1.807) is 0 Å². The first-order chi connectivity index (χ1) is 9.05. The maximum Gasteiger partial charge on any atom is 0.150 e. The highest BCUT2D eigenvalue weighted by molar-refractivity contribution is 7.91. The van der Waals surface area contributed by atoms with Gasteiger partial charge in [-0.3, -0.25) is 0 Å². The second-order valence-electron chi connectivity index (χ2n) is 6.17. The minimum absolute atomic E-state index is 0.114. The summed E-state index contributed by atoms with van der Waals surface area (Å²) in [6, 6.07) is 0.409. The average molecular weight is 288 g/mol. The lowest BCUT2D eigenvalue weighted by molar-refractivity contribution is 0.317. The summed E-state index contributed by atoms with van der Waals surface area (Å²) in [5, 5.41) is 3.44. The molecular formula is C14H28N2O2S. The van der Waals surface area contributed by atoms with Gasteiger partial charge in [0, 0.05) is 12.3 Å². The van der Waals surface area contributed by atoms with E-state index in [9.17, 15) is 8.42 Å². The van der Waals surface area contributed by atoms with Crippen LogP contribution in [-0.2, 0) is 9.84 Å². The minimum atomic E-state index is -2.85. The van der Waals surface area contributed by atoms with Gasteiger partial charge in [-0.15, -0.1) is 0 Å². The first kappa shape index (κ1) is 15.3. The van der Waals surface area contributed by atoms with Crippen molar-refractivity contribution in [1.29, 1.82) is 0 Å². The molecule has 1 saturated heterocycles. The summed E-state index contributed by atoms with van der Waals surface area (Å²) in [6.07, 6.45) is 9.11. The van der Waals surface area contributed by atoms with Crippen molar-refractivity contribution in [2.45, 2.75) is 56.2 Å². The van der Waals surface area contributed by atoms with Crippen molar-refractivity contribution in [2.24, 2.45) is 0 Å². The van der Waals surface area contributed by atoms with Crippen molar-refractivity contribution in [3.05, 3.63) is 0 Å². The fourth-order valence-corrected chi connectivity index (χ4v) is 4.51. The third kappa shape index (κ3) is 5.04. The predicted octanol–water partition coefficient (Wildman–Crippen LogP) is 1.42. The number of hydrogen-bond acceptors (Lipinski definition) is 4. The number of likely N-dealkylation sites (tertiary alicyclic amines) is 1. The molecule has 1 heterocycles. The molecule has 2 rings (SSSR count). The Morgan fingerprint density at radius 2 is 1.89 bits per heavy atom. The molecule has 19 heavy (non-hydrogen) atoms.